The molecule has 160 valence electrons. The summed E-state index contributed by atoms with van der Waals surface area (Å²) in [7, 11) is 0. The number of nitrogens with zero attached hydrogens (tertiary/aromatic N) is 2. The predicted octanol–water partition coefficient (Wildman–Crippen LogP) is 4.10. The maximum absolute atomic E-state index is 13.6. The molecule has 1 aromatic heterocycles. The van der Waals surface area contributed by atoms with Crippen molar-refractivity contribution in [3.05, 3.63) is 82.3 Å². The zero-order chi connectivity index (χ0) is 22.3. The van der Waals surface area contributed by atoms with E-state index in [0.29, 0.717) is 11.4 Å². The first-order valence-electron chi connectivity index (χ1n) is 10.3. The van der Waals surface area contributed by atoms with Gasteiger partial charge in [-0.1, -0.05) is 29.8 Å². The third-order valence-corrected chi connectivity index (χ3v) is 5.59. The van der Waals surface area contributed by atoms with Crippen LogP contribution in [0.25, 0.3) is 0 Å². The van der Waals surface area contributed by atoms with Gasteiger partial charge in [0.15, 0.2) is 0 Å². The fourth-order valence-electron chi connectivity index (χ4n) is 4.13. The van der Waals surface area contributed by atoms with Gasteiger partial charge in [0.1, 0.15) is 17.7 Å². The Morgan fingerprint density at radius 1 is 1.16 bits per heavy atom. The van der Waals surface area contributed by atoms with Gasteiger partial charge in [-0.2, -0.15) is 5.10 Å². The zero-order valence-corrected chi connectivity index (χ0v) is 17.9. The van der Waals surface area contributed by atoms with Gasteiger partial charge < -0.3 is 10.6 Å². The lowest BCUT2D eigenvalue weighted by atomic mass is 9.81. The second-order valence-electron chi connectivity index (χ2n) is 8.23. The third kappa shape index (κ3) is 3.83. The predicted molar refractivity (Wildman–Crippen MR) is 117 cm³/mol. The molecule has 7 heteroatoms. The first-order chi connectivity index (χ1) is 14.8. The Morgan fingerprint density at radius 3 is 2.52 bits per heavy atom. The van der Waals surface area contributed by atoms with Gasteiger partial charge in [0.25, 0.3) is 5.91 Å². The van der Waals surface area contributed by atoms with Crippen LogP contribution in [-0.4, -0.2) is 27.6 Å². The normalized spacial score (nSPS) is 17.9. The third-order valence-electron chi connectivity index (χ3n) is 5.59. The molecule has 1 aliphatic heterocycles. The molecule has 4 rings (SSSR count). The summed E-state index contributed by atoms with van der Waals surface area (Å²) in [6, 6.07) is 12.4. The van der Waals surface area contributed by atoms with E-state index in [1.54, 1.807) is 35.0 Å². The molecule has 2 heterocycles. The number of anilines is 1. The zero-order valence-electron chi connectivity index (χ0n) is 17.9. The average molecular weight is 420 g/mol. The number of hydrogen-bond acceptors (Lipinski definition) is 3. The van der Waals surface area contributed by atoms with Crippen LogP contribution in [0, 0.1) is 19.7 Å². The SMILES string of the molecule is Cc1cccc(C(=O)N[C@@H]2C(=O)Nc3c(c(C)nn3C(C)C)[C@H]2c2ccc(F)cc2)c1. The molecule has 0 fully saturated rings. The van der Waals surface area contributed by atoms with E-state index in [4.69, 9.17) is 0 Å². The average Bonchev–Trinajstić information content (AvgIpc) is 3.05. The first-order valence-corrected chi connectivity index (χ1v) is 10.3. The number of aryl methyl sites for hydroxylation is 2. The van der Waals surface area contributed by atoms with Gasteiger partial charge in [-0.25, -0.2) is 9.07 Å². The molecule has 6 nitrogen and oxygen atoms in total. The van der Waals surface area contributed by atoms with Crippen molar-refractivity contribution in [2.45, 2.75) is 45.7 Å². The number of fused-ring (bicyclic) bond motifs is 1. The van der Waals surface area contributed by atoms with Gasteiger partial charge in [-0.05, 0) is 57.5 Å². The summed E-state index contributed by atoms with van der Waals surface area (Å²) in [5.74, 6) is -0.907. The summed E-state index contributed by atoms with van der Waals surface area (Å²) >= 11 is 0. The second-order valence-corrected chi connectivity index (χ2v) is 8.23. The summed E-state index contributed by atoms with van der Waals surface area (Å²) in [6.45, 7) is 7.75. The van der Waals surface area contributed by atoms with E-state index in [1.165, 1.54) is 12.1 Å². The highest BCUT2D eigenvalue weighted by Gasteiger charge is 2.41. The van der Waals surface area contributed by atoms with Crippen molar-refractivity contribution >= 4 is 17.6 Å². The van der Waals surface area contributed by atoms with Gasteiger partial charge in [-0.15, -0.1) is 0 Å². The molecule has 0 saturated carbocycles. The molecule has 0 saturated heterocycles. The molecular weight excluding hydrogens is 395 g/mol. The van der Waals surface area contributed by atoms with E-state index in [-0.39, 0.29) is 23.7 Å². The molecule has 1 aliphatic rings. The minimum absolute atomic E-state index is 0.0371. The summed E-state index contributed by atoms with van der Waals surface area (Å²) in [5.41, 5.74) is 3.75. The molecule has 2 aromatic carbocycles. The van der Waals surface area contributed by atoms with Crippen LogP contribution < -0.4 is 10.6 Å². The van der Waals surface area contributed by atoms with Gasteiger partial charge in [0.05, 0.1) is 5.69 Å². The van der Waals surface area contributed by atoms with Crippen molar-refractivity contribution in [3.63, 3.8) is 0 Å². The number of benzene rings is 2. The number of amides is 2. The second kappa shape index (κ2) is 7.98. The van der Waals surface area contributed by atoms with Crippen LogP contribution in [0.5, 0.6) is 0 Å². The largest absolute Gasteiger partial charge is 0.339 e. The number of nitrogens with one attached hydrogen (secondary N) is 2. The number of hydrogen-bond donors (Lipinski definition) is 2. The van der Waals surface area contributed by atoms with Crippen molar-refractivity contribution in [1.29, 1.82) is 0 Å². The molecule has 31 heavy (non-hydrogen) atoms. The molecule has 0 aliphatic carbocycles. The van der Waals surface area contributed by atoms with E-state index in [2.05, 4.69) is 15.7 Å². The highest BCUT2D eigenvalue weighted by molar-refractivity contribution is 6.04. The van der Waals surface area contributed by atoms with Crippen LogP contribution in [0.15, 0.2) is 48.5 Å². The molecule has 0 unspecified atom stereocenters. The van der Waals surface area contributed by atoms with Crippen molar-refractivity contribution in [3.8, 4) is 0 Å². The molecule has 2 amide bonds. The minimum atomic E-state index is -0.866. The lowest BCUT2D eigenvalue weighted by molar-refractivity contribution is -0.118. The van der Waals surface area contributed by atoms with Crippen LogP contribution in [0.1, 0.15) is 58.5 Å². The smallest absolute Gasteiger partial charge is 0.251 e. The minimum Gasteiger partial charge on any atom is -0.339 e. The lowest BCUT2D eigenvalue weighted by Gasteiger charge is -2.33. The fourth-order valence-corrected chi connectivity index (χ4v) is 4.13. The Balaban J connectivity index is 1.81. The number of halogens is 1. The van der Waals surface area contributed by atoms with Gasteiger partial charge >= 0.3 is 0 Å². The van der Waals surface area contributed by atoms with Crippen LogP contribution in [-0.2, 0) is 4.79 Å². The standard InChI is InChI=1S/C24H25FN4O2/c1-13(2)29-22-19(15(4)28-29)20(16-8-10-18(25)11-9-16)21(24(31)27-22)26-23(30)17-7-5-6-14(3)12-17/h5-13,20-21H,1-4H3,(H,26,30)(H,27,31)/t20-,21+/m1/s1. The molecule has 3 aromatic rings. The van der Waals surface area contributed by atoms with Crippen LogP contribution >= 0.6 is 0 Å². The van der Waals surface area contributed by atoms with Gasteiger partial charge in [0.2, 0.25) is 5.91 Å². The van der Waals surface area contributed by atoms with E-state index < -0.39 is 12.0 Å². The van der Waals surface area contributed by atoms with Crippen molar-refractivity contribution in [1.82, 2.24) is 15.1 Å². The number of carbonyl (C=O) groups is 2. The number of carbonyl (C=O) groups excluding carboxylic acids is 2. The Kier molecular flexibility index (Phi) is 5.35. The first kappa shape index (κ1) is 20.8. The maximum atomic E-state index is 13.6. The number of aromatic nitrogens is 2. The van der Waals surface area contributed by atoms with Crippen LogP contribution in [0.3, 0.4) is 0 Å². The number of rotatable bonds is 4. The Hall–Kier alpha value is -3.48. The lowest BCUT2D eigenvalue weighted by Crippen LogP contribution is -2.50. The summed E-state index contributed by atoms with van der Waals surface area (Å²) in [6.07, 6.45) is 0. The van der Waals surface area contributed by atoms with Gasteiger partial charge in [0, 0.05) is 23.1 Å². The summed E-state index contributed by atoms with van der Waals surface area (Å²) in [5, 5.41) is 10.5. The summed E-state index contributed by atoms with van der Waals surface area (Å²) < 4.78 is 15.4. The molecule has 0 radical (unpaired) electrons. The van der Waals surface area contributed by atoms with Gasteiger partial charge in [-0.3, -0.25) is 9.59 Å². The Bertz CT molecular complexity index is 1150. The van der Waals surface area contributed by atoms with E-state index in [1.807, 2.05) is 33.8 Å². The van der Waals surface area contributed by atoms with Crippen LogP contribution in [0.2, 0.25) is 0 Å². The molecule has 0 spiro atoms. The quantitative estimate of drug-likeness (QED) is 0.667. The Morgan fingerprint density at radius 2 is 1.87 bits per heavy atom. The van der Waals surface area contributed by atoms with E-state index in [9.17, 15) is 14.0 Å². The van der Waals surface area contributed by atoms with Crippen molar-refractivity contribution in [2.24, 2.45) is 0 Å². The summed E-state index contributed by atoms with van der Waals surface area (Å²) in [4.78, 5) is 26.2. The molecule has 0 bridgehead atoms. The van der Waals surface area contributed by atoms with E-state index in [0.717, 1.165) is 22.4 Å². The van der Waals surface area contributed by atoms with Crippen molar-refractivity contribution in [2.75, 3.05) is 5.32 Å². The molecule has 2 N–H and O–H groups in total. The highest BCUT2D eigenvalue weighted by Crippen LogP contribution is 2.40. The Labute approximate surface area is 180 Å². The van der Waals surface area contributed by atoms with E-state index >= 15 is 0 Å². The topological polar surface area (TPSA) is 76.0 Å². The highest BCUT2D eigenvalue weighted by atomic mass is 19.1. The molecule has 2 atom stereocenters. The molecular formula is C24H25FN4O2. The van der Waals surface area contributed by atoms with Crippen LogP contribution in [0.4, 0.5) is 10.2 Å². The van der Waals surface area contributed by atoms with Crippen molar-refractivity contribution < 1.29 is 14.0 Å². The fraction of sp³-hybridized carbons (Fsp3) is 0.292. The monoisotopic (exact) mass is 420 g/mol. The maximum Gasteiger partial charge on any atom is 0.251 e.